The van der Waals surface area contributed by atoms with Crippen LogP contribution in [0, 0.1) is 12.8 Å². The van der Waals surface area contributed by atoms with Crippen molar-refractivity contribution in [1.82, 2.24) is 10.2 Å². The predicted octanol–water partition coefficient (Wildman–Crippen LogP) is 3.20. The Bertz CT molecular complexity index is 474. The van der Waals surface area contributed by atoms with E-state index >= 15 is 0 Å². The van der Waals surface area contributed by atoms with Crippen LogP contribution in [0.1, 0.15) is 37.6 Å². The molecule has 0 saturated carbocycles. The van der Waals surface area contributed by atoms with Gasteiger partial charge in [-0.25, -0.2) is 0 Å². The Kier molecular flexibility index (Phi) is 5.71. The molecule has 0 bridgehead atoms. The van der Waals surface area contributed by atoms with Gasteiger partial charge in [-0.05, 0) is 36.8 Å². The average Bonchev–Trinajstić information content (AvgIpc) is 2.77. The second-order valence-electron chi connectivity index (χ2n) is 5.99. The van der Waals surface area contributed by atoms with Gasteiger partial charge in [0.1, 0.15) is 6.17 Å². The number of carbonyl (C=O) groups excluding carboxylic acids is 1. The van der Waals surface area contributed by atoms with E-state index in [1.807, 2.05) is 16.7 Å². The van der Waals surface area contributed by atoms with Gasteiger partial charge in [0, 0.05) is 6.54 Å². The van der Waals surface area contributed by atoms with Gasteiger partial charge in [-0.3, -0.25) is 10.1 Å². The first-order valence-electron chi connectivity index (χ1n) is 7.68. The lowest BCUT2D eigenvalue weighted by Gasteiger charge is -2.27. The summed E-state index contributed by atoms with van der Waals surface area (Å²) in [6, 6.07) is 8.45. The van der Waals surface area contributed by atoms with Gasteiger partial charge in [-0.1, -0.05) is 43.7 Å². The Labute approximate surface area is 132 Å². The molecule has 1 amide bonds. The van der Waals surface area contributed by atoms with E-state index in [2.05, 4.69) is 56.6 Å². The SMILES string of the molecule is CCC1NC(c2ccc(C)cc2)N(CC(C)CSC)C1=O. The molecular formula is C17H26N2OS. The molecule has 4 heteroatoms. The number of nitrogens with one attached hydrogen (secondary N) is 1. The molecule has 0 spiro atoms. The fourth-order valence-electron chi connectivity index (χ4n) is 2.87. The lowest BCUT2D eigenvalue weighted by Crippen LogP contribution is -2.35. The third kappa shape index (κ3) is 3.80. The lowest BCUT2D eigenvalue weighted by molar-refractivity contribution is -0.130. The first-order valence-corrected chi connectivity index (χ1v) is 9.08. The molecule has 21 heavy (non-hydrogen) atoms. The van der Waals surface area contributed by atoms with Crippen molar-refractivity contribution in [2.24, 2.45) is 5.92 Å². The number of thioether (sulfide) groups is 1. The van der Waals surface area contributed by atoms with Crippen LogP contribution >= 0.6 is 11.8 Å². The van der Waals surface area contributed by atoms with Gasteiger partial charge < -0.3 is 4.90 Å². The van der Waals surface area contributed by atoms with Gasteiger partial charge >= 0.3 is 0 Å². The largest absolute Gasteiger partial charge is 0.321 e. The van der Waals surface area contributed by atoms with Crippen molar-refractivity contribution in [2.75, 3.05) is 18.6 Å². The quantitative estimate of drug-likeness (QED) is 0.876. The van der Waals surface area contributed by atoms with E-state index in [0.29, 0.717) is 5.92 Å². The van der Waals surface area contributed by atoms with Gasteiger partial charge in [0.15, 0.2) is 0 Å². The molecule has 0 radical (unpaired) electrons. The summed E-state index contributed by atoms with van der Waals surface area (Å²) >= 11 is 1.84. The van der Waals surface area contributed by atoms with E-state index in [4.69, 9.17) is 0 Å². The van der Waals surface area contributed by atoms with Crippen LogP contribution in [0.3, 0.4) is 0 Å². The van der Waals surface area contributed by atoms with Crippen molar-refractivity contribution in [3.05, 3.63) is 35.4 Å². The van der Waals surface area contributed by atoms with Gasteiger partial charge in [0.2, 0.25) is 5.91 Å². The van der Waals surface area contributed by atoms with Crippen molar-refractivity contribution >= 4 is 17.7 Å². The Morgan fingerprint density at radius 2 is 2.00 bits per heavy atom. The first kappa shape index (κ1) is 16.4. The molecule has 3 nitrogen and oxygen atoms in total. The molecule has 1 saturated heterocycles. The molecule has 3 atom stereocenters. The Balaban J connectivity index is 2.19. The second-order valence-corrected chi connectivity index (χ2v) is 6.90. The van der Waals surface area contributed by atoms with Crippen molar-refractivity contribution in [3.63, 3.8) is 0 Å². The molecule has 3 unspecified atom stereocenters. The van der Waals surface area contributed by atoms with E-state index in [1.165, 1.54) is 11.1 Å². The molecule has 0 aliphatic carbocycles. The van der Waals surface area contributed by atoms with Gasteiger partial charge in [-0.15, -0.1) is 0 Å². The van der Waals surface area contributed by atoms with E-state index < -0.39 is 0 Å². The summed E-state index contributed by atoms with van der Waals surface area (Å²) in [5, 5.41) is 3.49. The highest BCUT2D eigenvalue weighted by Crippen LogP contribution is 2.28. The molecule has 0 aromatic heterocycles. The zero-order valence-corrected chi connectivity index (χ0v) is 14.2. The van der Waals surface area contributed by atoms with Crippen LogP contribution in [0.2, 0.25) is 0 Å². The third-order valence-corrected chi connectivity index (χ3v) is 4.92. The molecule has 1 aliphatic rings. The minimum Gasteiger partial charge on any atom is -0.321 e. The molecule has 1 N–H and O–H groups in total. The second kappa shape index (κ2) is 7.32. The molecule has 116 valence electrons. The summed E-state index contributed by atoms with van der Waals surface area (Å²) in [4.78, 5) is 14.6. The van der Waals surface area contributed by atoms with Crippen LogP contribution in [-0.2, 0) is 4.79 Å². The first-order chi connectivity index (χ1) is 10.1. The molecular weight excluding hydrogens is 280 g/mol. The number of rotatable bonds is 6. The molecule has 1 aromatic carbocycles. The fraction of sp³-hybridized carbons (Fsp3) is 0.588. The number of hydrogen-bond donors (Lipinski definition) is 1. The summed E-state index contributed by atoms with van der Waals surface area (Å²) in [5.41, 5.74) is 2.43. The third-order valence-electron chi connectivity index (χ3n) is 4.01. The fourth-order valence-corrected chi connectivity index (χ4v) is 3.54. The van der Waals surface area contributed by atoms with E-state index in [-0.39, 0.29) is 18.1 Å². The van der Waals surface area contributed by atoms with Crippen LogP contribution in [0.4, 0.5) is 0 Å². The zero-order chi connectivity index (χ0) is 15.4. The van der Waals surface area contributed by atoms with Gasteiger partial charge in [0.25, 0.3) is 0 Å². The summed E-state index contributed by atoms with van der Waals surface area (Å²) < 4.78 is 0. The summed E-state index contributed by atoms with van der Waals surface area (Å²) in [6.07, 6.45) is 2.98. The summed E-state index contributed by atoms with van der Waals surface area (Å²) in [6.45, 7) is 7.19. The number of benzene rings is 1. The van der Waals surface area contributed by atoms with Crippen molar-refractivity contribution in [1.29, 1.82) is 0 Å². The van der Waals surface area contributed by atoms with Gasteiger partial charge in [0.05, 0.1) is 6.04 Å². The Hall–Kier alpha value is -1.00. The highest BCUT2D eigenvalue weighted by Gasteiger charge is 2.38. The maximum Gasteiger partial charge on any atom is 0.241 e. The predicted molar refractivity (Wildman–Crippen MR) is 90.4 cm³/mol. The van der Waals surface area contributed by atoms with Crippen LogP contribution < -0.4 is 5.32 Å². The molecule has 1 aliphatic heterocycles. The summed E-state index contributed by atoms with van der Waals surface area (Å²) in [5.74, 6) is 1.84. The average molecular weight is 306 g/mol. The Morgan fingerprint density at radius 1 is 1.33 bits per heavy atom. The number of carbonyl (C=O) groups is 1. The van der Waals surface area contributed by atoms with E-state index in [1.54, 1.807) is 0 Å². The standard InChI is InChI=1S/C17H26N2OS/c1-5-15-17(20)19(10-13(3)11-21-4)16(18-15)14-8-6-12(2)7-9-14/h6-9,13,15-16,18H,5,10-11H2,1-4H3. The molecule has 1 aromatic rings. The molecule has 2 rings (SSSR count). The maximum atomic E-state index is 12.6. The van der Waals surface area contributed by atoms with Crippen molar-refractivity contribution in [3.8, 4) is 0 Å². The zero-order valence-electron chi connectivity index (χ0n) is 13.4. The van der Waals surface area contributed by atoms with Crippen LogP contribution in [-0.4, -0.2) is 35.4 Å². The smallest absolute Gasteiger partial charge is 0.241 e. The monoisotopic (exact) mass is 306 g/mol. The number of aryl methyl sites for hydroxylation is 1. The minimum atomic E-state index is -0.0437. The van der Waals surface area contributed by atoms with Gasteiger partial charge in [-0.2, -0.15) is 11.8 Å². The minimum absolute atomic E-state index is 0.0207. The molecule has 1 heterocycles. The van der Waals surface area contributed by atoms with E-state index in [9.17, 15) is 4.79 Å². The van der Waals surface area contributed by atoms with Crippen LogP contribution in [0.25, 0.3) is 0 Å². The molecule has 1 fully saturated rings. The lowest BCUT2D eigenvalue weighted by atomic mass is 10.1. The highest BCUT2D eigenvalue weighted by atomic mass is 32.2. The van der Waals surface area contributed by atoms with Crippen LogP contribution in [0.5, 0.6) is 0 Å². The van der Waals surface area contributed by atoms with Crippen LogP contribution in [0.15, 0.2) is 24.3 Å². The van der Waals surface area contributed by atoms with Crippen molar-refractivity contribution in [2.45, 2.75) is 39.4 Å². The summed E-state index contributed by atoms with van der Waals surface area (Å²) in [7, 11) is 0. The number of hydrogen-bond acceptors (Lipinski definition) is 3. The van der Waals surface area contributed by atoms with Crippen molar-refractivity contribution < 1.29 is 4.79 Å². The topological polar surface area (TPSA) is 32.3 Å². The Morgan fingerprint density at radius 3 is 2.57 bits per heavy atom. The normalized spacial score (nSPS) is 23.6. The number of nitrogens with zero attached hydrogens (tertiary/aromatic N) is 1. The highest BCUT2D eigenvalue weighted by molar-refractivity contribution is 7.98. The van der Waals surface area contributed by atoms with E-state index in [0.717, 1.165) is 18.7 Å². The maximum absolute atomic E-state index is 12.6. The number of amides is 1.